The fourth-order valence-electron chi connectivity index (χ4n) is 2.57. The minimum absolute atomic E-state index is 0.0883. The summed E-state index contributed by atoms with van der Waals surface area (Å²) < 4.78 is 13.8. The van der Waals surface area contributed by atoms with Crippen LogP contribution in [-0.4, -0.2) is 22.3 Å². The molecule has 106 valence electrons. The summed E-state index contributed by atoms with van der Waals surface area (Å²) in [6.45, 7) is 0.923. The summed E-state index contributed by atoms with van der Waals surface area (Å²) in [4.78, 5) is 8.14. The molecule has 0 fully saturated rings. The van der Waals surface area contributed by atoms with E-state index in [9.17, 15) is 4.39 Å². The standard InChI is InChI=1S/C15H18FN3S/c16-12-4-1-3-11-13(6-10-20-15(11)12)17-7-2-5-14-18-8-9-19-14/h1,3-4,8-9,13,17H,2,5-7,10H2,(H,18,19). The second kappa shape index (κ2) is 6.41. The van der Waals surface area contributed by atoms with Crippen molar-refractivity contribution in [3.63, 3.8) is 0 Å². The van der Waals surface area contributed by atoms with Crippen LogP contribution in [0.3, 0.4) is 0 Å². The van der Waals surface area contributed by atoms with E-state index < -0.39 is 0 Å². The quantitative estimate of drug-likeness (QED) is 0.830. The minimum Gasteiger partial charge on any atom is -0.349 e. The SMILES string of the molecule is Fc1cccc2c1SCCC2NCCCc1ncc[nH]1. The second-order valence-corrected chi connectivity index (χ2v) is 6.05. The lowest BCUT2D eigenvalue weighted by Gasteiger charge is -2.26. The highest BCUT2D eigenvalue weighted by atomic mass is 32.2. The van der Waals surface area contributed by atoms with Gasteiger partial charge in [-0.15, -0.1) is 11.8 Å². The highest BCUT2D eigenvalue weighted by molar-refractivity contribution is 7.99. The van der Waals surface area contributed by atoms with Gasteiger partial charge in [0.05, 0.1) is 0 Å². The van der Waals surface area contributed by atoms with Crippen molar-refractivity contribution in [1.82, 2.24) is 15.3 Å². The third-order valence-electron chi connectivity index (χ3n) is 3.56. The van der Waals surface area contributed by atoms with Gasteiger partial charge in [0.25, 0.3) is 0 Å². The molecule has 20 heavy (non-hydrogen) atoms. The number of rotatable bonds is 5. The topological polar surface area (TPSA) is 40.7 Å². The highest BCUT2D eigenvalue weighted by Gasteiger charge is 2.22. The number of nitrogens with one attached hydrogen (secondary N) is 2. The van der Waals surface area contributed by atoms with Gasteiger partial charge in [0.2, 0.25) is 0 Å². The number of aromatic nitrogens is 2. The molecule has 2 aromatic rings. The molecule has 5 heteroatoms. The van der Waals surface area contributed by atoms with Crippen molar-refractivity contribution >= 4 is 11.8 Å². The molecule has 1 unspecified atom stereocenters. The third kappa shape index (κ3) is 3.04. The van der Waals surface area contributed by atoms with Crippen LogP contribution in [0.2, 0.25) is 0 Å². The van der Waals surface area contributed by atoms with E-state index in [4.69, 9.17) is 0 Å². The number of thioether (sulfide) groups is 1. The Morgan fingerprint density at radius 2 is 2.40 bits per heavy atom. The van der Waals surface area contributed by atoms with Crippen LogP contribution in [0.15, 0.2) is 35.5 Å². The van der Waals surface area contributed by atoms with Crippen LogP contribution in [0.4, 0.5) is 4.39 Å². The number of nitrogens with zero attached hydrogens (tertiary/aromatic N) is 1. The molecule has 0 bridgehead atoms. The Hall–Kier alpha value is -1.33. The number of aromatic amines is 1. The van der Waals surface area contributed by atoms with E-state index in [0.717, 1.165) is 47.8 Å². The lowest BCUT2D eigenvalue weighted by Crippen LogP contribution is -2.26. The summed E-state index contributed by atoms with van der Waals surface area (Å²) >= 11 is 1.63. The summed E-state index contributed by atoms with van der Waals surface area (Å²) in [6, 6.07) is 5.66. The number of H-pyrrole nitrogens is 1. The predicted molar refractivity (Wildman–Crippen MR) is 79.4 cm³/mol. The molecule has 0 saturated carbocycles. The molecule has 1 aromatic heterocycles. The molecule has 0 spiro atoms. The van der Waals surface area contributed by atoms with Crippen molar-refractivity contribution in [3.8, 4) is 0 Å². The van der Waals surface area contributed by atoms with E-state index in [2.05, 4.69) is 15.3 Å². The van der Waals surface area contributed by atoms with Gasteiger partial charge in [-0.1, -0.05) is 12.1 Å². The fourth-order valence-corrected chi connectivity index (χ4v) is 3.71. The number of imidazole rings is 1. The molecule has 1 aliphatic heterocycles. The maximum absolute atomic E-state index is 13.8. The lowest BCUT2D eigenvalue weighted by molar-refractivity contribution is 0.489. The minimum atomic E-state index is -0.0883. The normalized spacial score (nSPS) is 17.9. The second-order valence-electron chi connectivity index (χ2n) is 4.94. The van der Waals surface area contributed by atoms with Crippen molar-refractivity contribution in [3.05, 3.63) is 47.8 Å². The smallest absolute Gasteiger partial charge is 0.137 e. The summed E-state index contributed by atoms with van der Waals surface area (Å²) in [5, 5.41) is 3.55. The Morgan fingerprint density at radius 1 is 1.45 bits per heavy atom. The average molecular weight is 291 g/mol. The molecule has 3 nitrogen and oxygen atoms in total. The van der Waals surface area contributed by atoms with Gasteiger partial charge in [-0.25, -0.2) is 9.37 Å². The van der Waals surface area contributed by atoms with Crippen molar-refractivity contribution < 1.29 is 4.39 Å². The zero-order valence-corrected chi connectivity index (χ0v) is 12.0. The first-order valence-electron chi connectivity index (χ1n) is 6.97. The van der Waals surface area contributed by atoms with Crippen molar-refractivity contribution in [1.29, 1.82) is 0 Å². The van der Waals surface area contributed by atoms with E-state index in [1.807, 2.05) is 12.3 Å². The van der Waals surface area contributed by atoms with E-state index in [0.29, 0.717) is 0 Å². The largest absolute Gasteiger partial charge is 0.349 e. The van der Waals surface area contributed by atoms with Crippen LogP contribution in [0.5, 0.6) is 0 Å². The van der Waals surface area contributed by atoms with Gasteiger partial charge < -0.3 is 10.3 Å². The van der Waals surface area contributed by atoms with E-state index >= 15 is 0 Å². The van der Waals surface area contributed by atoms with E-state index in [1.54, 1.807) is 30.1 Å². The zero-order chi connectivity index (χ0) is 13.8. The van der Waals surface area contributed by atoms with Crippen LogP contribution in [-0.2, 0) is 6.42 Å². The van der Waals surface area contributed by atoms with E-state index in [1.165, 1.54) is 0 Å². The number of halogens is 1. The van der Waals surface area contributed by atoms with Crippen LogP contribution >= 0.6 is 11.8 Å². The van der Waals surface area contributed by atoms with Gasteiger partial charge in [-0.3, -0.25) is 0 Å². The molecule has 2 N–H and O–H groups in total. The molecule has 0 amide bonds. The molecular weight excluding hydrogens is 273 g/mol. The summed E-state index contributed by atoms with van der Waals surface area (Å²) in [7, 11) is 0. The Labute approximate surface area is 122 Å². The van der Waals surface area contributed by atoms with Crippen LogP contribution < -0.4 is 5.32 Å². The molecule has 1 atom stereocenters. The van der Waals surface area contributed by atoms with Crippen molar-refractivity contribution in [2.45, 2.75) is 30.2 Å². The monoisotopic (exact) mass is 291 g/mol. The van der Waals surface area contributed by atoms with Gasteiger partial charge in [-0.05, 0) is 36.8 Å². The van der Waals surface area contributed by atoms with Crippen LogP contribution in [0.1, 0.15) is 30.3 Å². The zero-order valence-electron chi connectivity index (χ0n) is 11.2. The average Bonchev–Trinajstić information content (AvgIpc) is 2.98. The number of benzene rings is 1. The maximum Gasteiger partial charge on any atom is 0.137 e. The van der Waals surface area contributed by atoms with Gasteiger partial charge in [0, 0.05) is 29.8 Å². The van der Waals surface area contributed by atoms with Crippen molar-refractivity contribution in [2.24, 2.45) is 0 Å². The highest BCUT2D eigenvalue weighted by Crippen LogP contribution is 2.37. The Bertz CT molecular complexity index is 556. The predicted octanol–water partition coefficient (Wildman–Crippen LogP) is 3.31. The third-order valence-corrected chi connectivity index (χ3v) is 4.72. The van der Waals surface area contributed by atoms with E-state index in [-0.39, 0.29) is 11.9 Å². The van der Waals surface area contributed by atoms with Crippen molar-refractivity contribution in [2.75, 3.05) is 12.3 Å². The Kier molecular flexibility index (Phi) is 4.38. The number of fused-ring (bicyclic) bond motifs is 1. The molecule has 1 aliphatic rings. The fraction of sp³-hybridized carbons (Fsp3) is 0.400. The number of hydrogen-bond donors (Lipinski definition) is 2. The first-order chi connectivity index (χ1) is 9.84. The van der Waals surface area contributed by atoms with Crippen LogP contribution in [0, 0.1) is 5.82 Å². The number of hydrogen-bond acceptors (Lipinski definition) is 3. The molecule has 0 radical (unpaired) electrons. The summed E-state index contributed by atoms with van der Waals surface area (Å²) in [6.07, 6.45) is 6.65. The molecule has 0 saturated heterocycles. The molecule has 2 heterocycles. The van der Waals surface area contributed by atoms with Crippen LogP contribution in [0.25, 0.3) is 0 Å². The molecular formula is C15H18FN3S. The first kappa shape index (κ1) is 13.6. The molecule has 0 aliphatic carbocycles. The summed E-state index contributed by atoms with van der Waals surface area (Å²) in [5.41, 5.74) is 1.11. The lowest BCUT2D eigenvalue weighted by atomic mass is 10.0. The Balaban J connectivity index is 1.55. The van der Waals surface area contributed by atoms with Gasteiger partial charge in [0.1, 0.15) is 11.6 Å². The van der Waals surface area contributed by atoms with Gasteiger partial charge in [0.15, 0.2) is 0 Å². The molecule has 1 aromatic carbocycles. The summed E-state index contributed by atoms with van der Waals surface area (Å²) in [5.74, 6) is 1.91. The maximum atomic E-state index is 13.8. The van der Waals surface area contributed by atoms with Gasteiger partial charge in [-0.2, -0.15) is 0 Å². The molecule has 3 rings (SSSR count). The first-order valence-corrected chi connectivity index (χ1v) is 7.96. The van der Waals surface area contributed by atoms with Gasteiger partial charge >= 0.3 is 0 Å². The Morgan fingerprint density at radius 3 is 3.25 bits per heavy atom. The number of aryl methyl sites for hydroxylation is 1.